The Balaban J connectivity index is 2.27. The SMILES string of the molecule is CCCC(Cl)(Cl)C(=O)NCC1OCCO1. The lowest BCUT2D eigenvalue weighted by Crippen LogP contribution is -2.42. The Morgan fingerprint density at radius 2 is 2.07 bits per heavy atom. The Labute approximate surface area is 99.2 Å². The third-order valence-electron chi connectivity index (χ3n) is 2.02. The molecule has 0 saturated carbocycles. The first-order valence-electron chi connectivity index (χ1n) is 4.95. The van der Waals surface area contributed by atoms with Crippen LogP contribution in [0.1, 0.15) is 19.8 Å². The van der Waals surface area contributed by atoms with E-state index in [4.69, 9.17) is 32.7 Å². The molecule has 15 heavy (non-hydrogen) atoms. The molecule has 0 aromatic heterocycles. The van der Waals surface area contributed by atoms with Gasteiger partial charge in [-0.15, -0.1) is 0 Å². The second-order valence-electron chi connectivity index (χ2n) is 3.34. The zero-order valence-corrected chi connectivity index (χ0v) is 10.1. The van der Waals surface area contributed by atoms with E-state index in [-0.39, 0.29) is 12.8 Å². The van der Waals surface area contributed by atoms with Crippen LogP contribution >= 0.6 is 23.2 Å². The standard InChI is InChI=1S/C9H15Cl2NO3/c1-2-3-9(10,11)8(13)12-6-7-14-4-5-15-7/h7H,2-6H2,1H3,(H,12,13). The Bertz CT molecular complexity index is 217. The van der Waals surface area contributed by atoms with Gasteiger partial charge in [0.1, 0.15) is 0 Å². The largest absolute Gasteiger partial charge is 0.348 e. The van der Waals surface area contributed by atoms with Crippen LogP contribution in [-0.4, -0.2) is 36.3 Å². The molecule has 1 saturated heterocycles. The fourth-order valence-electron chi connectivity index (χ4n) is 1.26. The van der Waals surface area contributed by atoms with Crippen LogP contribution in [0.3, 0.4) is 0 Å². The number of nitrogens with one attached hydrogen (secondary N) is 1. The molecule has 0 spiro atoms. The smallest absolute Gasteiger partial charge is 0.256 e. The molecule has 0 atom stereocenters. The normalized spacial score (nSPS) is 18.1. The molecule has 1 aliphatic heterocycles. The molecule has 1 amide bonds. The predicted octanol–water partition coefficient (Wildman–Crippen LogP) is 1.45. The van der Waals surface area contributed by atoms with Crippen molar-refractivity contribution >= 4 is 29.1 Å². The number of carbonyl (C=O) groups is 1. The molecule has 1 heterocycles. The lowest BCUT2D eigenvalue weighted by atomic mass is 10.2. The molecule has 1 fully saturated rings. The number of hydrogen-bond donors (Lipinski definition) is 1. The maximum absolute atomic E-state index is 11.5. The number of hydrogen-bond acceptors (Lipinski definition) is 3. The van der Waals surface area contributed by atoms with Crippen LogP contribution in [0.2, 0.25) is 0 Å². The third kappa shape index (κ3) is 4.15. The van der Waals surface area contributed by atoms with E-state index in [0.29, 0.717) is 19.6 Å². The van der Waals surface area contributed by atoms with E-state index in [1.54, 1.807) is 0 Å². The fourth-order valence-corrected chi connectivity index (χ4v) is 1.77. The van der Waals surface area contributed by atoms with Crippen LogP contribution in [0.25, 0.3) is 0 Å². The summed E-state index contributed by atoms with van der Waals surface area (Å²) in [6.45, 7) is 3.31. The number of rotatable bonds is 5. The van der Waals surface area contributed by atoms with Crippen molar-refractivity contribution in [3.05, 3.63) is 0 Å². The van der Waals surface area contributed by atoms with Gasteiger partial charge in [-0.1, -0.05) is 36.5 Å². The first kappa shape index (κ1) is 13.0. The van der Waals surface area contributed by atoms with E-state index in [1.807, 2.05) is 6.92 Å². The van der Waals surface area contributed by atoms with Crippen LogP contribution in [0, 0.1) is 0 Å². The first-order valence-corrected chi connectivity index (χ1v) is 5.71. The van der Waals surface area contributed by atoms with Gasteiger partial charge in [-0.25, -0.2) is 0 Å². The molecule has 0 radical (unpaired) electrons. The monoisotopic (exact) mass is 255 g/mol. The maximum Gasteiger partial charge on any atom is 0.256 e. The third-order valence-corrected chi connectivity index (χ3v) is 2.74. The van der Waals surface area contributed by atoms with Crippen LogP contribution in [0.4, 0.5) is 0 Å². The molecule has 0 aromatic carbocycles. The Kier molecular flexibility index (Phi) is 5.12. The lowest BCUT2D eigenvalue weighted by molar-refractivity contribution is -0.124. The molecule has 1 rings (SSSR count). The predicted molar refractivity (Wildman–Crippen MR) is 58.0 cm³/mol. The average Bonchev–Trinajstić information content (AvgIpc) is 2.66. The molecular weight excluding hydrogens is 241 g/mol. The Morgan fingerprint density at radius 3 is 2.60 bits per heavy atom. The van der Waals surface area contributed by atoms with Gasteiger partial charge >= 0.3 is 0 Å². The van der Waals surface area contributed by atoms with Gasteiger partial charge in [0.2, 0.25) is 0 Å². The molecule has 0 bridgehead atoms. The first-order chi connectivity index (χ1) is 7.06. The number of amides is 1. The van der Waals surface area contributed by atoms with Gasteiger partial charge in [0.05, 0.1) is 19.8 Å². The van der Waals surface area contributed by atoms with Gasteiger partial charge in [0, 0.05) is 0 Å². The van der Waals surface area contributed by atoms with Crippen molar-refractivity contribution in [3.8, 4) is 0 Å². The number of ether oxygens (including phenoxy) is 2. The van der Waals surface area contributed by atoms with E-state index in [2.05, 4.69) is 5.32 Å². The highest BCUT2D eigenvalue weighted by Gasteiger charge is 2.33. The van der Waals surface area contributed by atoms with Gasteiger partial charge in [0.15, 0.2) is 10.6 Å². The van der Waals surface area contributed by atoms with Crippen LogP contribution < -0.4 is 5.32 Å². The van der Waals surface area contributed by atoms with Crippen molar-refractivity contribution in [1.29, 1.82) is 0 Å². The van der Waals surface area contributed by atoms with Crippen molar-refractivity contribution < 1.29 is 14.3 Å². The zero-order chi connectivity index (χ0) is 11.3. The van der Waals surface area contributed by atoms with Gasteiger partial charge in [-0.3, -0.25) is 4.79 Å². The lowest BCUT2D eigenvalue weighted by Gasteiger charge is -2.19. The van der Waals surface area contributed by atoms with Gasteiger partial charge in [-0.05, 0) is 6.42 Å². The molecule has 88 valence electrons. The highest BCUT2D eigenvalue weighted by atomic mass is 35.5. The Hall–Kier alpha value is -0.0300. The molecule has 0 unspecified atom stereocenters. The van der Waals surface area contributed by atoms with Gasteiger partial charge < -0.3 is 14.8 Å². The number of alkyl halides is 2. The van der Waals surface area contributed by atoms with E-state index < -0.39 is 10.2 Å². The summed E-state index contributed by atoms with van der Waals surface area (Å²) in [6.07, 6.45) is 0.797. The van der Waals surface area contributed by atoms with Crippen LogP contribution in [0.5, 0.6) is 0 Å². The second-order valence-corrected chi connectivity index (χ2v) is 4.82. The van der Waals surface area contributed by atoms with E-state index >= 15 is 0 Å². The molecular formula is C9H15Cl2NO3. The molecule has 0 aliphatic carbocycles. The minimum atomic E-state index is -1.35. The quantitative estimate of drug-likeness (QED) is 0.757. The molecule has 1 N–H and O–H groups in total. The number of halogens is 2. The Morgan fingerprint density at radius 1 is 1.47 bits per heavy atom. The highest BCUT2D eigenvalue weighted by molar-refractivity contribution is 6.58. The van der Waals surface area contributed by atoms with E-state index in [1.165, 1.54) is 0 Å². The maximum atomic E-state index is 11.5. The number of carbonyl (C=O) groups excluding carboxylic acids is 1. The topological polar surface area (TPSA) is 47.6 Å². The van der Waals surface area contributed by atoms with E-state index in [9.17, 15) is 4.79 Å². The van der Waals surface area contributed by atoms with Gasteiger partial charge in [-0.2, -0.15) is 0 Å². The highest BCUT2D eigenvalue weighted by Crippen LogP contribution is 2.26. The van der Waals surface area contributed by atoms with Crippen molar-refractivity contribution in [1.82, 2.24) is 5.32 Å². The van der Waals surface area contributed by atoms with Crippen molar-refractivity contribution in [2.45, 2.75) is 30.4 Å². The van der Waals surface area contributed by atoms with E-state index in [0.717, 1.165) is 6.42 Å². The molecule has 6 heteroatoms. The summed E-state index contributed by atoms with van der Waals surface area (Å²) in [4.78, 5) is 11.5. The average molecular weight is 256 g/mol. The summed E-state index contributed by atoms with van der Waals surface area (Å²) in [5, 5.41) is 2.60. The summed E-state index contributed by atoms with van der Waals surface area (Å²) in [5.74, 6) is -0.396. The fraction of sp³-hybridized carbons (Fsp3) is 0.889. The summed E-state index contributed by atoms with van der Waals surface area (Å²) >= 11 is 11.7. The summed E-state index contributed by atoms with van der Waals surface area (Å²) in [5.41, 5.74) is 0. The minimum absolute atomic E-state index is 0.281. The van der Waals surface area contributed by atoms with Crippen molar-refractivity contribution in [2.24, 2.45) is 0 Å². The molecule has 4 nitrogen and oxygen atoms in total. The summed E-state index contributed by atoms with van der Waals surface area (Å²) in [7, 11) is 0. The molecule has 0 aromatic rings. The summed E-state index contributed by atoms with van der Waals surface area (Å²) in [6, 6.07) is 0. The van der Waals surface area contributed by atoms with Crippen LogP contribution in [0.15, 0.2) is 0 Å². The van der Waals surface area contributed by atoms with Crippen molar-refractivity contribution in [3.63, 3.8) is 0 Å². The zero-order valence-electron chi connectivity index (χ0n) is 8.59. The molecule has 1 aliphatic rings. The minimum Gasteiger partial charge on any atom is -0.348 e. The van der Waals surface area contributed by atoms with Crippen LogP contribution in [-0.2, 0) is 14.3 Å². The second kappa shape index (κ2) is 5.89. The van der Waals surface area contributed by atoms with Crippen molar-refractivity contribution in [2.75, 3.05) is 19.8 Å². The summed E-state index contributed by atoms with van der Waals surface area (Å²) < 4.78 is 8.95. The van der Waals surface area contributed by atoms with Gasteiger partial charge in [0.25, 0.3) is 5.91 Å².